The van der Waals surface area contributed by atoms with Crippen molar-refractivity contribution < 1.29 is 13.9 Å². The van der Waals surface area contributed by atoms with E-state index in [1.165, 1.54) is 10.6 Å². The van der Waals surface area contributed by atoms with Gasteiger partial charge in [-0.2, -0.15) is 0 Å². The minimum absolute atomic E-state index is 0.0564. The molecule has 7 heteroatoms. The lowest BCUT2D eigenvalue weighted by atomic mass is 10.0. The quantitative estimate of drug-likeness (QED) is 0.826. The number of ether oxygens (including phenoxy) is 1. The molecular formula is C19H20FN3O3. The van der Waals surface area contributed by atoms with Crippen LogP contribution >= 0.6 is 0 Å². The molecule has 0 aromatic carbocycles. The molecule has 1 saturated carbocycles. The van der Waals surface area contributed by atoms with E-state index in [0.717, 1.165) is 24.8 Å². The van der Waals surface area contributed by atoms with Crippen molar-refractivity contribution in [2.24, 2.45) is 5.73 Å². The standard InChI is InChI=1S/C19H20FN3O3/c20-14-6-23-17(12(10-1-2-10)5-11(7-24)19(23)25)13-8-26-9-16-15(21)3-4-22(16)18(13)14/h5-7,10,15-16H,1-4,8-9,21H2/t15-,16-/m1/s1. The minimum Gasteiger partial charge on any atom is -0.374 e. The van der Waals surface area contributed by atoms with Crippen LogP contribution in [0.5, 0.6) is 0 Å². The van der Waals surface area contributed by atoms with Crippen LogP contribution in [0.2, 0.25) is 0 Å². The van der Waals surface area contributed by atoms with E-state index in [0.29, 0.717) is 42.1 Å². The third-order valence-corrected chi connectivity index (χ3v) is 5.90. The van der Waals surface area contributed by atoms with Gasteiger partial charge in [-0.15, -0.1) is 0 Å². The molecule has 2 aromatic rings. The first kappa shape index (κ1) is 16.0. The highest BCUT2D eigenvalue weighted by molar-refractivity contribution is 5.80. The summed E-state index contributed by atoms with van der Waals surface area (Å²) in [5.41, 5.74) is 8.60. The van der Waals surface area contributed by atoms with E-state index < -0.39 is 11.4 Å². The van der Waals surface area contributed by atoms with Gasteiger partial charge in [0.15, 0.2) is 12.1 Å². The Hall–Kier alpha value is -2.25. The second-order valence-electron chi connectivity index (χ2n) is 7.50. The SMILES string of the molecule is N[C@@H]1CCN2c3c(F)cn4c(=O)c(C=O)cc(C5CC5)c4c3COC[C@H]12. The molecular weight excluding hydrogens is 337 g/mol. The van der Waals surface area contributed by atoms with Crippen LogP contribution in [0.1, 0.15) is 46.7 Å². The number of carbonyl (C=O) groups excluding carboxylic acids is 1. The Morgan fingerprint density at radius 1 is 1.31 bits per heavy atom. The molecule has 0 bridgehead atoms. The van der Waals surface area contributed by atoms with Crippen LogP contribution in [0.3, 0.4) is 0 Å². The molecule has 1 saturated heterocycles. The topological polar surface area (TPSA) is 77.0 Å². The zero-order chi connectivity index (χ0) is 18.0. The van der Waals surface area contributed by atoms with Crippen LogP contribution in [-0.4, -0.2) is 35.9 Å². The van der Waals surface area contributed by atoms with E-state index in [4.69, 9.17) is 10.5 Å². The van der Waals surface area contributed by atoms with Crippen molar-refractivity contribution in [2.45, 2.75) is 43.9 Å². The van der Waals surface area contributed by atoms with Crippen molar-refractivity contribution in [3.63, 3.8) is 0 Å². The Morgan fingerprint density at radius 3 is 2.85 bits per heavy atom. The summed E-state index contributed by atoms with van der Waals surface area (Å²) in [7, 11) is 0. The van der Waals surface area contributed by atoms with Crippen LogP contribution in [-0.2, 0) is 11.3 Å². The van der Waals surface area contributed by atoms with Crippen molar-refractivity contribution in [3.05, 3.63) is 45.1 Å². The van der Waals surface area contributed by atoms with E-state index in [1.54, 1.807) is 6.07 Å². The summed E-state index contributed by atoms with van der Waals surface area (Å²) in [6.07, 6.45) is 4.58. The van der Waals surface area contributed by atoms with E-state index in [1.807, 2.05) is 4.90 Å². The second-order valence-corrected chi connectivity index (χ2v) is 7.50. The summed E-state index contributed by atoms with van der Waals surface area (Å²) in [4.78, 5) is 26.0. The van der Waals surface area contributed by atoms with Crippen molar-refractivity contribution in [3.8, 4) is 0 Å². The zero-order valence-corrected chi connectivity index (χ0v) is 14.3. The number of rotatable bonds is 2. The molecule has 2 atom stereocenters. The number of halogens is 1. The maximum atomic E-state index is 15.1. The van der Waals surface area contributed by atoms with Crippen molar-refractivity contribution in [1.29, 1.82) is 0 Å². The number of pyridine rings is 2. The Kier molecular flexibility index (Phi) is 3.45. The molecule has 136 valence electrons. The van der Waals surface area contributed by atoms with Crippen molar-refractivity contribution >= 4 is 17.5 Å². The van der Waals surface area contributed by atoms with E-state index in [-0.39, 0.29) is 24.3 Å². The lowest BCUT2D eigenvalue weighted by Gasteiger charge is -2.28. The first-order chi connectivity index (χ1) is 12.6. The summed E-state index contributed by atoms with van der Waals surface area (Å²) in [5.74, 6) is -0.164. The first-order valence-corrected chi connectivity index (χ1v) is 9.06. The number of aldehydes is 1. The van der Waals surface area contributed by atoms with Gasteiger partial charge in [-0.25, -0.2) is 4.39 Å². The number of anilines is 1. The minimum atomic E-state index is -0.486. The lowest BCUT2D eigenvalue weighted by molar-refractivity contribution is 0.112. The number of fused-ring (bicyclic) bond motifs is 5. The molecule has 5 rings (SSSR count). The number of hydrogen-bond acceptors (Lipinski definition) is 5. The highest BCUT2D eigenvalue weighted by Crippen LogP contribution is 2.45. The molecule has 6 nitrogen and oxygen atoms in total. The van der Waals surface area contributed by atoms with Crippen LogP contribution in [0.25, 0.3) is 5.52 Å². The predicted octanol–water partition coefficient (Wildman–Crippen LogP) is 1.56. The van der Waals surface area contributed by atoms with Gasteiger partial charge in [-0.1, -0.05) is 0 Å². The number of hydrogen-bond donors (Lipinski definition) is 1. The fourth-order valence-corrected chi connectivity index (χ4v) is 4.44. The Labute approximate surface area is 149 Å². The summed E-state index contributed by atoms with van der Waals surface area (Å²) >= 11 is 0. The average Bonchev–Trinajstić information content (AvgIpc) is 3.43. The van der Waals surface area contributed by atoms with Gasteiger partial charge >= 0.3 is 0 Å². The zero-order valence-electron chi connectivity index (χ0n) is 14.3. The van der Waals surface area contributed by atoms with E-state index in [9.17, 15) is 9.59 Å². The third kappa shape index (κ3) is 2.17. The average molecular weight is 357 g/mol. The van der Waals surface area contributed by atoms with E-state index in [2.05, 4.69) is 0 Å². The molecule has 26 heavy (non-hydrogen) atoms. The molecule has 1 aliphatic carbocycles. The summed E-state index contributed by atoms with van der Waals surface area (Å²) in [6.45, 7) is 1.34. The van der Waals surface area contributed by atoms with Gasteiger partial charge in [0.1, 0.15) is 0 Å². The van der Waals surface area contributed by atoms with Crippen LogP contribution in [0.15, 0.2) is 17.1 Å². The molecule has 0 amide bonds. The fourth-order valence-electron chi connectivity index (χ4n) is 4.44. The van der Waals surface area contributed by atoms with Crippen molar-refractivity contribution in [2.75, 3.05) is 18.1 Å². The smallest absolute Gasteiger partial charge is 0.265 e. The highest BCUT2D eigenvalue weighted by Gasteiger charge is 2.38. The van der Waals surface area contributed by atoms with Crippen LogP contribution in [0, 0.1) is 5.82 Å². The predicted molar refractivity (Wildman–Crippen MR) is 94.4 cm³/mol. The van der Waals surface area contributed by atoms with Gasteiger partial charge in [0.25, 0.3) is 5.56 Å². The molecule has 2 aliphatic heterocycles. The van der Waals surface area contributed by atoms with Gasteiger partial charge < -0.3 is 15.4 Å². The Morgan fingerprint density at radius 2 is 2.12 bits per heavy atom. The molecule has 2 fully saturated rings. The summed E-state index contributed by atoms with van der Waals surface area (Å²) in [6, 6.07) is 1.57. The highest BCUT2D eigenvalue weighted by atomic mass is 19.1. The normalized spacial score (nSPS) is 25.1. The fraction of sp³-hybridized carbons (Fsp3) is 0.474. The molecule has 2 aromatic heterocycles. The Balaban J connectivity index is 1.86. The summed E-state index contributed by atoms with van der Waals surface area (Å²) < 4.78 is 22.3. The molecule has 0 spiro atoms. The third-order valence-electron chi connectivity index (χ3n) is 5.90. The Bertz CT molecular complexity index is 982. The largest absolute Gasteiger partial charge is 0.374 e. The van der Waals surface area contributed by atoms with Crippen molar-refractivity contribution in [1.82, 2.24) is 4.40 Å². The van der Waals surface area contributed by atoms with E-state index >= 15 is 4.39 Å². The van der Waals surface area contributed by atoms with Gasteiger partial charge in [-0.3, -0.25) is 14.0 Å². The maximum absolute atomic E-state index is 15.1. The van der Waals surface area contributed by atoms with Gasteiger partial charge in [0.2, 0.25) is 0 Å². The number of carbonyl (C=O) groups is 1. The monoisotopic (exact) mass is 357 g/mol. The lowest BCUT2D eigenvalue weighted by Crippen LogP contribution is -2.42. The van der Waals surface area contributed by atoms with Gasteiger partial charge in [0, 0.05) is 18.2 Å². The number of nitrogens with two attached hydrogens (primary N) is 1. The molecule has 0 unspecified atom stereocenters. The number of nitrogens with zero attached hydrogens (tertiary/aromatic N) is 2. The van der Waals surface area contributed by atoms with Gasteiger partial charge in [-0.05, 0) is 36.8 Å². The summed E-state index contributed by atoms with van der Waals surface area (Å²) in [5, 5.41) is 0. The molecule has 0 radical (unpaired) electrons. The first-order valence-electron chi connectivity index (χ1n) is 9.06. The maximum Gasteiger partial charge on any atom is 0.265 e. The second kappa shape index (κ2) is 5.62. The van der Waals surface area contributed by atoms with Gasteiger partial charge in [0.05, 0.1) is 42.2 Å². The number of aromatic nitrogens is 1. The molecule has 3 aliphatic rings. The molecule has 2 N–H and O–H groups in total. The van der Waals surface area contributed by atoms with Crippen LogP contribution < -0.4 is 16.2 Å². The molecule has 4 heterocycles. The van der Waals surface area contributed by atoms with Crippen LogP contribution in [0.4, 0.5) is 10.1 Å².